The summed E-state index contributed by atoms with van der Waals surface area (Å²) in [5, 5.41) is -5.85. The van der Waals surface area contributed by atoms with Crippen molar-refractivity contribution in [1.29, 1.82) is 0 Å². The molecule has 2 fully saturated rings. The molecule has 41 heavy (non-hydrogen) atoms. The molecule has 0 aliphatic carbocycles. The molecule has 14 radical (unpaired) electrons. The molecule has 1 atom stereocenters. The summed E-state index contributed by atoms with van der Waals surface area (Å²) in [5.41, 5.74) is -1.96. The van der Waals surface area contributed by atoms with Crippen LogP contribution < -0.4 is 10.1 Å². The second-order valence-corrected chi connectivity index (χ2v) is 10.5. The van der Waals surface area contributed by atoms with Crippen LogP contribution >= 0.6 is 0 Å². The molecule has 0 spiro atoms. The van der Waals surface area contributed by atoms with Gasteiger partial charge in [0.1, 0.15) is 26.0 Å². The molecular formula is C25H19B7FN3O5. The number of morpholine rings is 1. The van der Waals surface area contributed by atoms with Gasteiger partial charge in [-0.2, -0.15) is 0 Å². The van der Waals surface area contributed by atoms with Gasteiger partial charge in [-0.3, -0.25) is 24.6 Å². The van der Waals surface area contributed by atoms with E-state index in [1.54, 1.807) is 12.1 Å². The molecule has 0 bridgehead atoms. The van der Waals surface area contributed by atoms with E-state index in [0.717, 1.165) is 18.7 Å². The van der Waals surface area contributed by atoms with Crippen molar-refractivity contribution in [2.45, 2.75) is 34.4 Å². The van der Waals surface area contributed by atoms with Gasteiger partial charge in [0.25, 0.3) is 5.91 Å². The summed E-state index contributed by atoms with van der Waals surface area (Å²) in [4.78, 5) is 41.7. The normalized spacial score (nSPS) is 25.0. The van der Waals surface area contributed by atoms with Crippen LogP contribution in [0.3, 0.4) is 0 Å². The van der Waals surface area contributed by atoms with E-state index in [-0.39, 0.29) is 29.0 Å². The Balaban J connectivity index is 1.43. The zero-order valence-electron chi connectivity index (χ0n) is 22.1. The molecule has 2 saturated heterocycles. The van der Waals surface area contributed by atoms with Gasteiger partial charge >= 0.3 is 0 Å². The van der Waals surface area contributed by atoms with Gasteiger partial charge in [-0.1, -0.05) is 23.4 Å². The lowest BCUT2D eigenvalue weighted by atomic mass is 9.21. The van der Waals surface area contributed by atoms with E-state index in [2.05, 4.69) is 4.90 Å². The molecule has 8 nitrogen and oxygen atoms in total. The Morgan fingerprint density at radius 1 is 0.951 bits per heavy atom. The van der Waals surface area contributed by atoms with Gasteiger partial charge in [0.15, 0.2) is 0 Å². The van der Waals surface area contributed by atoms with E-state index in [1.165, 1.54) is 24.3 Å². The van der Waals surface area contributed by atoms with Crippen LogP contribution in [0.1, 0.15) is 27.0 Å². The number of imide groups is 1. The summed E-state index contributed by atoms with van der Waals surface area (Å²) in [7, 11) is 43.2. The highest BCUT2D eigenvalue weighted by molar-refractivity contribution is 6.67. The monoisotopic (exact) mass is 537 g/mol. The van der Waals surface area contributed by atoms with Gasteiger partial charge < -0.3 is 14.4 Å². The van der Waals surface area contributed by atoms with E-state index in [1.807, 2.05) is 5.32 Å². The van der Waals surface area contributed by atoms with Crippen LogP contribution in [0.4, 0.5) is 4.39 Å². The average molecular weight is 536 g/mol. The van der Waals surface area contributed by atoms with Crippen molar-refractivity contribution in [1.82, 2.24) is 15.1 Å². The summed E-state index contributed by atoms with van der Waals surface area (Å²) in [6.45, 7) is 3.10. The summed E-state index contributed by atoms with van der Waals surface area (Å²) in [5.74, 6) is -3.98. The maximum absolute atomic E-state index is 15.0. The van der Waals surface area contributed by atoms with E-state index < -0.39 is 44.7 Å². The first-order valence-corrected chi connectivity index (χ1v) is 12.7. The lowest BCUT2D eigenvalue weighted by Gasteiger charge is -2.63. The number of carbonyl (C=O) groups excluding carboxylic acids is 3. The number of hydrogen-bond donors (Lipinski definition) is 1. The second kappa shape index (κ2) is 10.2. The topological polar surface area (TPSA) is 88.2 Å². The zero-order valence-corrected chi connectivity index (χ0v) is 22.1. The van der Waals surface area contributed by atoms with Crippen LogP contribution in [0.15, 0.2) is 36.4 Å². The molecule has 16 heteroatoms. The smallest absolute Gasteiger partial charge is 0.253 e. The molecule has 1 unspecified atom stereocenters. The number of nitrogens with zero attached hydrogens (tertiary/aromatic N) is 2. The van der Waals surface area contributed by atoms with Crippen LogP contribution in [0.5, 0.6) is 5.75 Å². The van der Waals surface area contributed by atoms with E-state index in [0.29, 0.717) is 24.7 Å². The molecule has 2 aromatic carbocycles. The number of hydrogen-bond acceptors (Lipinski definition) is 6. The Morgan fingerprint density at radius 2 is 1.63 bits per heavy atom. The summed E-state index contributed by atoms with van der Waals surface area (Å²) in [6, 6.07) is 9.11. The number of nitrogens with one attached hydrogen (secondary N) is 1. The van der Waals surface area contributed by atoms with Gasteiger partial charge in [-0.15, -0.1) is 0 Å². The first kappa shape index (κ1) is 29.6. The standard InChI is InChI=1S/C25H19B7FN3O5/c26-22(27)20(38)34-21(39)23(28,25(22,31)32)36-19(37)15-2-1-3-17(18(15)24(36,29)30)41-12-14-5-4-13(10-16(14)33)11-35-6-8-40-9-7-35/h1-5,10H,6-9,11-12H2,(H,34,38,39). The van der Waals surface area contributed by atoms with Crippen LogP contribution in [0.2, 0.25) is 10.4 Å². The Hall–Kier alpha value is -2.85. The second-order valence-electron chi connectivity index (χ2n) is 10.5. The van der Waals surface area contributed by atoms with Crippen molar-refractivity contribution in [3.05, 3.63) is 64.5 Å². The molecule has 1 N–H and O–H groups in total. The van der Waals surface area contributed by atoms with Gasteiger partial charge in [0, 0.05) is 36.3 Å². The SMILES string of the molecule is [B]C1([B])c2c(OCc3ccc(CN4CCOCC4)cc3F)cccc2C(=O)N1C1([B])C(=O)NC(=O)C([B])([B])C1([B])[B]. The van der Waals surface area contributed by atoms with Crippen LogP contribution in [0, 0.1) is 5.82 Å². The van der Waals surface area contributed by atoms with Crippen LogP contribution in [-0.2, 0) is 32.8 Å². The van der Waals surface area contributed by atoms with Crippen molar-refractivity contribution in [3.8, 4) is 5.75 Å². The van der Waals surface area contributed by atoms with Gasteiger partial charge in [-0.25, -0.2) is 4.39 Å². The third-order valence-electron chi connectivity index (χ3n) is 7.86. The minimum Gasteiger partial charge on any atom is -0.488 e. The molecule has 3 amide bonds. The molecular weight excluding hydrogens is 517 g/mol. The minimum absolute atomic E-state index is 0.00226. The number of fused-ring (bicyclic) bond motifs is 1. The van der Waals surface area contributed by atoms with Gasteiger partial charge in [0.2, 0.25) is 11.8 Å². The predicted octanol–water partition coefficient (Wildman–Crippen LogP) is -1.43. The summed E-state index contributed by atoms with van der Waals surface area (Å²) in [6.07, 6.45) is 0. The molecule has 0 aromatic heterocycles. The number of benzene rings is 2. The fourth-order valence-electron chi connectivity index (χ4n) is 5.35. The first-order valence-electron chi connectivity index (χ1n) is 12.7. The fraction of sp³-hybridized carbons (Fsp3) is 0.400. The third-order valence-corrected chi connectivity index (χ3v) is 7.86. The van der Waals surface area contributed by atoms with Crippen molar-refractivity contribution < 1.29 is 28.2 Å². The molecule has 5 rings (SSSR count). The van der Waals surface area contributed by atoms with Crippen molar-refractivity contribution in [2.24, 2.45) is 0 Å². The number of carbonyl (C=O) groups is 3. The lowest BCUT2D eigenvalue weighted by molar-refractivity contribution is -0.141. The highest BCUT2D eigenvalue weighted by Crippen LogP contribution is 2.57. The Bertz CT molecular complexity index is 1440. The summed E-state index contributed by atoms with van der Waals surface area (Å²) >= 11 is 0. The van der Waals surface area contributed by atoms with Gasteiger partial charge in [0.05, 0.1) is 65.7 Å². The molecule has 3 aliphatic rings. The number of piperidine rings is 1. The third kappa shape index (κ3) is 4.49. The highest BCUT2D eigenvalue weighted by Gasteiger charge is 2.66. The maximum atomic E-state index is 15.0. The fourth-order valence-corrected chi connectivity index (χ4v) is 5.35. The van der Waals surface area contributed by atoms with Crippen molar-refractivity contribution in [2.75, 3.05) is 26.3 Å². The Labute approximate surface area is 246 Å². The molecule has 3 aliphatic heterocycles. The quantitative estimate of drug-likeness (QED) is 0.360. The molecule has 3 heterocycles. The van der Waals surface area contributed by atoms with Crippen LogP contribution in [0.25, 0.3) is 0 Å². The van der Waals surface area contributed by atoms with Crippen LogP contribution in [-0.4, -0.2) is 114 Å². The largest absolute Gasteiger partial charge is 0.488 e. The van der Waals surface area contributed by atoms with E-state index >= 15 is 4.39 Å². The van der Waals surface area contributed by atoms with E-state index in [9.17, 15) is 14.4 Å². The highest BCUT2D eigenvalue weighted by atomic mass is 19.1. The number of rotatable bonds is 6. The van der Waals surface area contributed by atoms with Crippen molar-refractivity contribution in [3.63, 3.8) is 0 Å². The first-order chi connectivity index (χ1) is 19.1. The number of ether oxygens (including phenoxy) is 2. The van der Waals surface area contributed by atoms with E-state index in [4.69, 9.17) is 64.4 Å². The molecule has 2 aromatic rings. The van der Waals surface area contributed by atoms with Gasteiger partial charge in [-0.05, 0) is 34.3 Å². The maximum Gasteiger partial charge on any atom is 0.253 e. The lowest BCUT2D eigenvalue weighted by Crippen LogP contribution is -2.78. The predicted molar refractivity (Wildman–Crippen MR) is 153 cm³/mol. The zero-order chi connectivity index (χ0) is 30.0. The van der Waals surface area contributed by atoms with Crippen molar-refractivity contribution >= 4 is 72.6 Å². The molecule has 0 saturated carbocycles. The minimum atomic E-state index is -2.80. The summed E-state index contributed by atoms with van der Waals surface area (Å²) < 4.78 is 26.2. The Kier molecular flexibility index (Phi) is 7.34. The number of amides is 3. The number of halogens is 1. The molecule has 192 valence electrons. The Morgan fingerprint density at radius 3 is 2.29 bits per heavy atom. The average Bonchev–Trinajstić information content (AvgIpc) is 3.12.